The lowest BCUT2D eigenvalue weighted by Crippen LogP contribution is -2.40. The lowest BCUT2D eigenvalue weighted by Gasteiger charge is -2.32. The Balaban J connectivity index is 0.000000963. The van der Waals surface area contributed by atoms with Crippen molar-refractivity contribution in [1.82, 2.24) is 5.32 Å². The van der Waals surface area contributed by atoms with Crippen molar-refractivity contribution in [1.29, 1.82) is 0 Å². The smallest absolute Gasteiger partial charge is 0.124 e. The summed E-state index contributed by atoms with van der Waals surface area (Å²) in [7, 11) is 0. The Bertz CT molecular complexity index is 391. The highest BCUT2D eigenvalue weighted by atomic mass is 79.9. The summed E-state index contributed by atoms with van der Waals surface area (Å²) in [5.41, 5.74) is 1.70. The molecule has 0 aliphatic carbocycles. The molecule has 3 rings (SSSR count). The molecule has 0 saturated carbocycles. The van der Waals surface area contributed by atoms with Crippen LogP contribution in [0.2, 0.25) is 0 Å². The standard InChI is InChI=1S/C12H14BrNO.ClH/c13-9-1-2-10-11(7-9)15-8-12(10)3-5-14-6-4-12;/h1-2,7,14H,3-6,8H2;1H. The molecule has 1 aromatic rings. The summed E-state index contributed by atoms with van der Waals surface area (Å²) in [5.74, 6) is 1.08. The second-order valence-corrected chi connectivity index (χ2v) is 5.38. The summed E-state index contributed by atoms with van der Waals surface area (Å²) in [6, 6.07) is 6.43. The zero-order valence-electron chi connectivity index (χ0n) is 8.96. The number of benzene rings is 1. The van der Waals surface area contributed by atoms with Gasteiger partial charge in [-0.1, -0.05) is 22.0 Å². The van der Waals surface area contributed by atoms with Crippen LogP contribution in [0.4, 0.5) is 0 Å². The summed E-state index contributed by atoms with van der Waals surface area (Å²) >= 11 is 3.48. The van der Waals surface area contributed by atoms with Gasteiger partial charge in [0.2, 0.25) is 0 Å². The van der Waals surface area contributed by atoms with Gasteiger partial charge in [-0.25, -0.2) is 0 Å². The van der Waals surface area contributed by atoms with Gasteiger partial charge in [-0.3, -0.25) is 0 Å². The first kappa shape index (κ1) is 12.2. The molecule has 1 saturated heterocycles. The number of nitrogens with one attached hydrogen (secondary N) is 1. The fourth-order valence-corrected chi connectivity index (χ4v) is 3.01. The van der Waals surface area contributed by atoms with Crippen LogP contribution in [0.15, 0.2) is 22.7 Å². The largest absolute Gasteiger partial charge is 0.492 e. The summed E-state index contributed by atoms with van der Waals surface area (Å²) in [6.07, 6.45) is 2.39. The van der Waals surface area contributed by atoms with Crippen LogP contribution in [-0.4, -0.2) is 19.7 Å². The van der Waals surface area contributed by atoms with Crippen LogP contribution < -0.4 is 10.1 Å². The first-order valence-electron chi connectivity index (χ1n) is 5.44. The van der Waals surface area contributed by atoms with E-state index in [1.807, 2.05) is 0 Å². The van der Waals surface area contributed by atoms with Gasteiger partial charge in [0.15, 0.2) is 0 Å². The summed E-state index contributed by atoms with van der Waals surface area (Å²) in [6.45, 7) is 3.08. The Morgan fingerprint density at radius 1 is 1.25 bits per heavy atom. The van der Waals surface area contributed by atoms with Gasteiger partial charge in [0.1, 0.15) is 5.75 Å². The van der Waals surface area contributed by atoms with E-state index in [4.69, 9.17) is 4.74 Å². The summed E-state index contributed by atoms with van der Waals surface area (Å²) < 4.78 is 6.92. The number of fused-ring (bicyclic) bond motifs is 2. The maximum Gasteiger partial charge on any atom is 0.124 e. The Morgan fingerprint density at radius 2 is 2.00 bits per heavy atom. The Hall–Kier alpha value is -0.250. The van der Waals surface area contributed by atoms with Crippen molar-refractivity contribution < 1.29 is 4.74 Å². The fraction of sp³-hybridized carbons (Fsp3) is 0.500. The summed E-state index contributed by atoms with van der Waals surface area (Å²) in [5, 5.41) is 3.41. The van der Waals surface area contributed by atoms with Crippen LogP contribution in [0, 0.1) is 0 Å². The van der Waals surface area contributed by atoms with Crippen molar-refractivity contribution >= 4 is 28.3 Å². The van der Waals surface area contributed by atoms with Crippen molar-refractivity contribution in [2.75, 3.05) is 19.7 Å². The third-order valence-electron chi connectivity index (χ3n) is 3.58. The minimum Gasteiger partial charge on any atom is -0.492 e. The van der Waals surface area contributed by atoms with Gasteiger partial charge < -0.3 is 10.1 Å². The van der Waals surface area contributed by atoms with Gasteiger partial charge in [0.25, 0.3) is 0 Å². The van der Waals surface area contributed by atoms with E-state index in [2.05, 4.69) is 39.4 Å². The number of hydrogen-bond acceptors (Lipinski definition) is 2. The van der Waals surface area contributed by atoms with Gasteiger partial charge >= 0.3 is 0 Å². The number of ether oxygens (including phenoxy) is 1. The highest BCUT2D eigenvalue weighted by Gasteiger charge is 2.41. The number of piperidine rings is 1. The molecule has 1 spiro atoms. The molecule has 1 N–H and O–H groups in total. The van der Waals surface area contributed by atoms with E-state index in [1.165, 1.54) is 18.4 Å². The molecule has 0 atom stereocenters. The minimum absolute atomic E-state index is 0. The molecule has 0 amide bonds. The lowest BCUT2D eigenvalue weighted by molar-refractivity contribution is 0.220. The molecular weight excluding hydrogens is 289 g/mol. The second-order valence-electron chi connectivity index (χ2n) is 4.46. The highest BCUT2D eigenvalue weighted by molar-refractivity contribution is 9.10. The van der Waals surface area contributed by atoms with Crippen molar-refractivity contribution in [2.45, 2.75) is 18.3 Å². The van der Waals surface area contributed by atoms with Gasteiger partial charge in [-0.05, 0) is 38.1 Å². The first-order chi connectivity index (χ1) is 7.30. The molecule has 1 aromatic carbocycles. The van der Waals surface area contributed by atoms with E-state index in [1.54, 1.807) is 0 Å². The van der Waals surface area contributed by atoms with Crippen LogP contribution in [0.5, 0.6) is 5.75 Å². The van der Waals surface area contributed by atoms with Crippen molar-refractivity contribution in [3.63, 3.8) is 0 Å². The van der Waals surface area contributed by atoms with Crippen LogP contribution in [0.1, 0.15) is 18.4 Å². The molecule has 0 radical (unpaired) electrons. The molecule has 0 bridgehead atoms. The zero-order valence-corrected chi connectivity index (χ0v) is 11.4. The van der Waals surface area contributed by atoms with E-state index in [9.17, 15) is 0 Å². The van der Waals surface area contributed by atoms with Crippen LogP contribution in [-0.2, 0) is 5.41 Å². The third kappa shape index (κ3) is 1.85. The Kier molecular flexibility index (Phi) is 3.48. The van der Waals surface area contributed by atoms with Gasteiger partial charge in [-0.15, -0.1) is 12.4 Å². The third-order valence-corrected chi connectivity index (χ3v) is 4.07. The maximum absolute atomic E-state index is 5.81. The first-order valence-corrected chi connectivity index (χ1v) is 6.23. The Morgan fingerprint density at radius 3 is 2.75 bits per heavy atom. The highest BCUT2D eigenvalue weighted by Crippen LogP contribution is 2.45. The van der Waals surface area contributed by atoms with Gasteiger partial charge in [0, 0.05) is 15.5 Å². The van der Waals surface area contributed by atoms with E-state index < -0.39 is 0 Å². The SMILES string of the molecule is Brc1ccc2c(c1)OCC21CCNCC1.Cl. The molecule has 4 heteroatoms. The second kappa shape index (κ2) is 4.55. The van der Waals surface area contributed by atoms with Gasteiger partial charge in [-0.2, -0.15) is 0 Å². The number of rotatable bonds is 0. The maximum atomic E-state index is 5.81. The van der Waals surface area contributed by atoms with Crippen molar-refractivity contribution in [2.24, 2.45) is 0 Å². The van der Waals surface area contributed by atoms with Crippen LogP contribution in [0.3, 0.4) is 0 Å². The molecule has 0 aromatic heterocycles. The molecule has 2 aliphatic rings. The molecule has 2 heterocycles. The average molecular weight is 305 g/mol. The molecule has 88 valence electrons. The normalized spacial score (nSPS) is 21.1. The average Bonchev–Trinajstić information content (AvgIpc) is 2.58. The monoisotopic (exact) mass is 303 g/mol. The Labute approximate surface area is 110 Å². The topological polar surface area (TPSA) is 21.3 Å². The van der Waals surface area contributed by atoms with Crippen LogP contribution >= 0.6 is 28.3 Å². The van der Waals surface area contributed by atoms with E-state index in [-0.39, 0.29) is 12.4 Å². The fourth-order valence-electron chi connectivity index (χ4n) is 2.67. The molecular formula is C12H15BrClNO. The lowest BCUT2D eigenvalue weighted by atomic mass is 9.75. The van der Waals surface area contributed by atoms with E-state index in [0.29, 0.717) is 5.41 Å². The quantitative estimate of drug-likeness (QED) is 0.796. The number of hydrogen-bond donors (Lipinski definition) is 1. The van der Waals surface area contributed by atoms with Crippen LogP contribution in [0.25, 0.3) is 0 Å². The molecule has 1 fully saturated rings. The van der Waals surface area contributed by atoms with Crippen molar-refractivity contribution in [3.8, 4) is 5.75 Å². The molecule has 0 unspecified atom stereocenters. The van der Waals surface area contributed by atoms with E-state index >= 15 is 0 Å². The molecule has 2 nitrogen and oxygen atoms in total. The molecule has 16 heavy (non-hydrogen) atoms. The predicted molar refractivity (Wildman–Crippen MR) is 70.7 cm³/mol. The van der Waals surface area contributed by atoms with Crippen molar-refractivity contribution in [3.05, 3.63) is 28.2 Å². The van der Waals surface area contributed by atoms with Gasteiger partial charge in [0.05, 0.1) is 6.61 Å². The number of halogens is 2. The predicted octanol–water partition coefficient (Wildman–Crippen LogP) is 2.88. The zero-order chi connectivity index (χ0) is 10.3. The molecule has 2 aliphatic heterocycles. The van der Waals surface area contributed by atoms with E-state index in [0.717, 1.165) is 29.9 Å². The minimum atomic E-state index is 0. The summed E-state index contributed by atoms with van der Waals surface area (Å²) in [4.78, 5) is 0.